The number of nitrogens with zero attached hydrogens (tertiary/aromatic N) is 2. The van der Waals surface area contributed by atoms with Crippen LogP contribution in [0.5, 0.6) is 0 Å². The van der Waals surface area contributed by atoms with Crippen molar-refractivity contribution in [2.45, 2.75) is 63.8 Å². The maximum Gasteiger partial charge on any atom is 0.227 e. The Morgan fingerprint density at radius 2 is 1.67 bits per heavy atom. The van der Waals surface area contributed by atoms with Crippen molar-refractivity contribution >= 4 is 11.8 Å². The molecule has 2 amide bonds. The van der Waals surface area contributed by atoms with Gasteiger partial charge in [-0.25, -0.2) is 0 Å². The second-order valence-corrected chi connectivity index (χ2v) is 8.70. The summed E-state index contributed by atoms with van der Waals surface area (Å²) in [5, 5.41) is 0. The molecule has 1 saturated carbocycles. The van der Waals surface area contributed by atoms with Gasteiger partial charge in [-0.05, 0) is 43.6 Å². The third-order valence-corrected chi connectivity index (χ3v) is 6.82. The lowest BCUT2D eigenvalue weighted by atomic mass is 9.89. The number of rotatable bonds is 4. The third-order valence-electron chi connectivity index (χ3n) is 6.82. The Morgan fingerprint density at radius 3 is 2.37 bits per heavy atom. The van der Waals surface area contributed by atoms with E-state index in [-0.39, 0.29) is 17.7 Å². The highest BCUT2D eigenvalue weighted by Gasteiger charge is 2.40. The molecule has 4 heteroatoms. The third kappa shape index (κ3) is 4.36. The van der Waals surface area contributed by atoms with E-state index in [4.69, 9.17) is 0 Å². The Bertz CT molecular complexity index is 646. The van der Waals surface area contributed by atoms with Crippen LogP contribution in [-0.2, 0) is 16.0 Å². The van der Waals surface area contributed by atoms with Crippen molar-refractivity contribution in [2.24, 2.45) is 11.8 Å². The van der Waals surface area contributed by atoms with E-state index in [2.05, 4.69) is 30.3 Å². The summed E-state index contributed by atoms with van der Waals surface area (Å²) in [7, 11) is 0. The van der Waals surface area contributed by atoms with Crippen LogP contribution in [0.15, 0.2) is 30.3 Å². The zero-order valence-electron chi connectivity index (χ0n) is 16.3. The molecule has 2 saturated heterocycles. The van der Waals surface area contributed by atoms with E-state index in [0.29, 0.717) is 24.9 Å². The highest BCUT2D eigenvalue weighted by Crippen LogP contribution is 2.30. The fraction of sp³-hybridized carbons (Fsp3) is 0.652. The number of benzene rings is 1. The van der Waals surface area contributed by atoms with Crippen LogP contribution in [0.2, 0.25) is 0 Å². The number of piperidine rings is 1. The van der Waals surface area contributed by atoms with Gasteiger partial charge in [-0.3, -0.25) is 9.59 Å². The smallest absolute Gasteiger partial charge is 0.227 e. The standard InChI is InChI=1S/C23H32N2O2/c26-22-16-20(17-25(22)21-9-5-2-6-10-21)23(27)24-13-11-19(12-14-24)15-18-7-3-1-4-8-18/h1,3-4,7-8,19-21H,2,5-6,9-17H2. The van der Waals surface area contributed by atoms with Gasteiger partial charge >= 0.3 is 0 Å². The molecular weight excluding hydrogens is 336 g/mol. The van der Waals surface area contributed by atoms with E-state index < -0.39 is 0 Å². The van der Waals surface area contributed by atoms with Crippen molar-refractivity contribution in [1.82, 2.24) is 9.80 Å². The quantitative estimate of drug-likeness (QED) is 0.814. The summed E-state index contributed by atoms with van der Waals surface area (Å²) in [6.45, 7) is 2.36. The Kier molecular flexibility index (Phi) is 5.80. The molecule has 2 heterocycles. The fourth-order valence-corrected chi connectivity index (χ4v) is 5.21. The molecule has 1 aliphatic carbocycles. The highest BCUT2D eigenvalue weighted by molar-refractivity contribution is 5.89. The van der Waals surface area contributed by atoms with Gasteiger partial charge in [0, 0.05) is 32.1 Å². The van der Waals surface area contributed by atoms with Gasteiger partial charge in [-0.1, -0.05) is 49.6 Å². The maximum atomic E-state index is 13.0. The summed E-state index contributed by atoms with van der Waals surface area (Å²) in [5.41, 5.74) is 1.40. The number of likely N-dealkylation sites (tertiary alicyclic amines) is 2. The summed E-state index contributed by atoms with van der Waals surface area (Å²) in [6.07, 6.45) is 9.68. The topological polar surface area (TPSA) is 40.6 Å². The molecule has 0 radical (unpaired) electrons. The van der Waals surface area contributed by atoms with Gasteiger partial charge in [0.05, 0.1) is 5.92 Å². The molecule has 3 aliphatic rings. The van der Waals surface area contributed by atoms with E-state index in [1.54, 1.807) is 0 Å². The molecule has 2 aliphatic heterocycles. The molecule has 1 unspecified atom stereocenters. The van der Waals surface area contributed by atoms with Crippen molar-refractivity contribution in [3.8, 4) is 0 Å². The zero-order valence-corrected chi connectivity index (χ0v) is 16.3. The number of amides is 2. The van der Waals surface area contributed by atoms with Crippen LogP contribution in [-0.4, -0.2) is 47.3 Å². The average molecular weight is 369 g/mol. The molecule has 27 heavy (non-hydrogen) atoms. The number of carbonyl (C=O) groups excluding carboxylic acids is 2. The van der Waals surface area contributed by atoms with Gasteiger partial charge in [0.1, 0.15) is 0 Å². The monoisotopic (exact) mass is 368 g/mol. The average Bonchev–Trinajstić information content (AvgIpc) is 3.11. The molecular formula is C23H32N2O2. The molecule has 0 aromatic heterocycles. The van der Waals surface area contributed by atoms with Crippen LogP contribution in [0.25, 0.3) is 0 Å². The van der Waals surface area contributed by atoms with Crippen LogP contribution >= 0.6 is 0 Å². The second-order valence-electron chi connectivity index (χ2n) is 8.70. The first-order chi connectivity index (χ1) is 13.2. The van der Waals surface area contributed by atoms with Crippen LogP contribution in [0, 0.1) is 11.8 Å². The Labute approximate surface area is 162 Å². The molecule has 0 N–H and O–H groups in total. The largest absolute Gasteiger partial charge is 0.342 e. The molecule has 3 fully saturated rings. The predicted molar refractivity (Wildman–Crippen MR) is 106 cm³/mol. The number of carbonyl (C=O) groups is 2. The van der Waals surface area contributed by atoms with E-state index in [9.17, 15) is 9.59 Å². The number of hydrogen-bond donors (Lipinski definition) is 0. The van der Waals surface area contributed by atoms with Crippen LogP contribution in [0.3, 0.4) is 0 Å². The Hall–Kier alpha value is -1.84. The van der Waals surface area contributed by atoms with Gasteiger partial charge in [0.2, 0.25) is 11.8 Å². The van der Waals surface area contributed by atoms with Crippen molar-refractivity contribution in [3.63, 3.8) is 0 Å². The summed E-state index contributed by atoms with van der Waals surface area (Å²) in [4.78, 5) is 29.5. The maximum absolute atomic E-state index is 13.0. The van der Waals surface area contributed by atoms with Crippen LogP contribution in [0.1, 0.15) is 56.9 Å². The Morgan fingerprint density at radius 1 is 0.963 bits per heavy atom. The van der Waals surface area contributed by atoms with Gasteiger partial charge in [-0.2, -0.15) is 0 Å². The van der Waals surface area contributed by atoms with E-state index in [1.165, 1.54) is 24.8 Å². The minimum Gasteiger partial charge on any atom is -0.342 e. The summed E-state index contributed by atoms with van der Waals surface area (Å²) in [6, 6.07) is 11.0. The second kappa shape index (κ2) is 8.45. The van der Waals surface area contributed by atoms with Crippen molar-refractivity contribution in [3.05, 3.63) is 35.9 Å². The summed E-state index contributed by atoms with van der Waals surface area (Å²) >= 11 is 0. The zero-order chi connectivity index (χ0) is 18.6. The SMILES string of the molecule is O=C(C1CC(=O)N(C2CCCCC2)C1)N1CCC(Cc2ccccc2)CC1. The predicted octanol–water partition coefficient (Wildman–Crippen LogP) is 3.65. The molecule has 4 rings (SSSR count). The molecule has 0 spiro atoms. The van der Waals surface area contributed by atoms with Crippen molar-refractivity contribution in [2.75, 3.05) is 19.6 Å². The minimum atomic E-state index is -0.106. The van der Waals surface area contributed by atoms with E-state index in [1.807, 2.05) is 9.80 Å². The van der Waals surface area contributed by atoms with Gasteiger partial charge in [-0.15, -0.1) is 0 Å². The first-order valence-corrected chi connectivity index (χ1v) is 10.8. The van der Waals surface area contributed by atoms with Gasteiger partial charge < -0.3 is 9.80 Å². The summed E-state index contributed by atoms with van der Waals surface area (Å²) in [5.74, 6) is 0.990. The van der Waals surface area contributed by atoms with Crippen molar-refractivity contribution in [1.29, 1.82) is 0 Å². The molecule has 4 nitrogen and oxygen atoms in total. The van der Waals surface area contributed by atoms with Crippen LogP contribution in [0.4, 0.5) is 0 Å². The first kappa shape index (κ1) is 18.5. The normalized spacial score (nSPS) is 25.2. The summed E-state index contributed by atoms with van der Waals surface area (Å²) < 4.78 is 0. The van der Waals surface area contributed by atoms with E-state index in [0.717, 1.165) is 45.2 Å². The van der Waals surface area contributed by atoms with Gasteiger partial charge in [0.15, 0.2) is 0 Å². The molecule has 1 aromatic carbocycles. The van der Waals surface area contributed by atoms with E-state index >= 15 is 0 Å². The van der Waals surface area contributed by atoms with Crippen LogP contribution < -0.4 is 0 Å². The fourth-order valence-electron chi connectivity index (χ4n) is 5.21. The lowest BCUT2D eigenvalue weighted by molar-refractivity contribution is -0.137. The molecule has 146 valence electrons. The lowest BCUT2D eigenvalue weighted by Crippen LogP contribution is -2.43. The lowest BCUT2D eigenvalue weighted by Gasteiger charge is -2.34. The molecule has 1 aromatic rings. The number of hydrogen-bond acceptors (Lipinski definition) is 2. The Balaban J connectivity index is 1.27. The minimum absolute atomic E-state index is 0.106. The highest BCUT2D eigenvalue weighted by atomic mass is 16.2. The first-order valence-electron chi connectivity index (χ1n) is 10.8. The van der Waals surface area contributed by atoms with Crippen molar-refractivity contribution < 1.29 is 9.59 Å². The molecule has 1 atom stereocenters. The van der Waals surface area contributed by atoms with Gasteiger partial charge in [0.25, 0.3) is 0 Å². The molecule has 0 bridgehead atoms.